The minimum absolute atomic E-state index is 0.0432. The Balaban J connectivity index is 1.35. The van der Waals surface area contributed by atoms with Crippen LogP contribution in [0.4, 0.5) is 23.2 Å². The summed E-state index contributed by atoms with van der Waals surface area (Å²) in [5, 5.41) is 5.75. The molecule has 39 heavy (non-hydrogen) atoms. The second-order valence-electron chi connectivity index (χ2n) is 9.22. The number of H-pyrrole nitrogens is 1. The van der Waals surface area contributed by atoms with E-state index < -0.39 is 23.5 Å². The number of amides is 1. The van der Waals surface area contributed by atoms with Crippen molar-refractivity contribution in [2.24, 2.45) is 0 Å². The fraction of sp³-hybridized carbons (Fsp3) is 0.250. The highest BCUT2D eigenvalue weighted by Crippen LogP contribution is 2.34. The molecule has 11 heteroatoms. The standard InChI is InChI=1S/C28H24F4N6O/c1-17-2-3-19(12-18(17)4-7-22-14-34-26-25(36-22)24(29)15-35-26)27(39)37-21-6-5-20(23(13-21)28(30,31)32)16-38-10-8-33-9-11-38/h2-3,5-6,12-15,33H,8-11,16H2,1H3,(H,34,35)(H,37,39). The van der Waals surface area contributed by atoms with Gasteiger partial charge in [0.2, 0.25) is 0 Å². The average Bonchev–Trinajstić information content (AvgIpc) is 3.29. The van der Waals surface area contributed by atoms with Crippen LogP contribution in [0.5, 0.6) is 0 Å². The number of aromatic nitrogens is 3. The van der Waals surface area contributed by atoms with Crippen LogP contribution in [0.1, 0.15) is 38.3 Å². The molecule has 3 heterocycles. The summed E-state index contributed by atoms with van der Waals surface area (Å²) in [7, 11) is 0. The number of benzene rings is 2. The molecule has 1 amide bonds. The number of hydrogen-bond donors (Lipinski definition) is 3. The number of rotatable bonds is 4. The van der Waals surface area contributed by atoms with Crippen molar-refractivity contribution in [3.63, 3.8) is 0 Å². The molecule has 200 valence electrons. The number of carbonyl (C=O) groups is 1. The molecule has 0 spiro atoms. The van der Waals surface area contributed by atoms with E-state index in [1.54, 1.807) is 25.1 Å². The summed E-state index contributed by atoms with van der Waals surface area (Å²) in [5.41, 5.74) is 1.57. The summed E-state index contributed by atoms with van der Waals surface area (Å²) in [4.78, 5) is 25.8. The molecule has 4 aromatic rings. The highest BCUT2D eigenvalue weighted by atomic mass is 19.4. The Morgan fingerprint density at radius 3 is 2.69 bits per heavy atom. The van der Waals surface area contributed by atoms with Gasteiger partial charge in [-0.3, -0.25) is 9.69 Å². The van der Waals surface area contributed by atoms with Crippen molar-refractivity contribution in [3.8, 4) is 11.8 Å². The Morgan fingerprint density at radius 2 is 1.92 bits per heavy atom. The van der Waals surface area contributed by atoms with Crippen LogP contribution in [0.25, 0.3) is 11.2 Å². The van der Waals surface area contributed by atoms with Gasteiger partial charge in [0.1, 0.15) is 11.2 Å². The number of aryl methyl sites for hydroxylation is 1. The van der Waals surface area contributed by atoms with Crippen LogP contribution in [0.15, 0.2) is 48.8 Å². The Labute approximate surface area is 221 Å². The zero-order valence-corrected chi connectivity index (χ0v) is 20.9. The maximum Gasteiger partial charge on any atom is 0.416 e. The molecule has 7 nitrogen and oxygen atoms in total. The van der Waals surface area contributed by atoms with Crippen molar-refractivity contribution >= 4 is 22.8 Å². The van der Waals surface area contributed by atoms with Crippen LogP contribution >= 0.6 is 0 Å². The van der Waals surface area contributed by atoms with E-state index in [1.165, 1.54) is 18.3 Å². The highest BCUT2D eigenvalue weighted by Gasteiger charge is 2.34. The van der Waals surface area contributed by atoms with Gasteiger partial charge in [0.25, 0.3) is 5.91 Å². The van der Waals surface area contributed by atoms with Crippen molar-refractivity contribution < 1.29 is 22.4 Å². The predicted octanol–water partition coefficient (Wildman–Crippen LogP) is 4.48. The van der Waals surface area contributed by atoms with Gasteiger partial charge in [-0.1, -0.05) is 18.1 Å². The molecule has 0 bridgehead atoms. The van der Waals surface area contributed by atoms with Gasteiger partial charge in [0, 0.05) is 55.7 Å². The van der Waals surface area contributed by atoms with Gasteiger partial charge in [-0.25, -0.2) is 14.4 Å². The van der Waals surface area contributed by atoms with Crippen LogP contribution in [-0.2, 0) is 12.7 Å². The van der Waals surface area contributed by atoms with Gasteiger partial charge >= 0.3 is 6.18 Å². The fourth-order valence-electron chi connectivity index (χ4n) is 4.32. The van der Waals surface area contributed by atoms with Crippen LogP contribution in [0, 0.1) is 24.6 Å². The molecule has 0 atom stereocenters. The number of alkyl halides is 3. The number of nitrogens with one attached hydrogen (secondary N) is 3. The first kappa shape index (κ1) is 26.3. The van der Waals surface area contributed by atoms with Gasteiger partial charge in [0.05, 0.1) is 11.8 Å². The van der Waals surface area contributed by atoms with Crippen molar-refractivity contribution in [2.45, 2.75) is 19.6 Å². The first-order chi connectivity index (χ1) is 18.7. The van der Waals surface area contributed by atoms with E-state index in [9.17, 15) is 22.4 Å². The lowest BCUT2D eigenvalue weighted by atomic mass is 10.0. The van der Waals surface area contributed by atoms with E-state index in [-0.39, 0.29) is 34.6 Å². The Hall–Kier alpha value is -4.27. The summed E-state index contributed by atoms with van der Waals surface area (Å²) < 4.78 is 55.4. The number of nitrogens with zero attached hydrogens (tertiary/aromatic N) is 3. The molecule has 2 aromatic carbocycles. The number of halogens is 4. The van der Waals surface area contributed by atoms with E-state index in [2.05, 4.69) is 37.4 Å². The second kappa shape index (κ2) is 10.8. The van der Waals surface area contributed by atoms with E-state index in [0.29, 0.717) is 24.3 Å². The van der Waals surface area contributed by atoms with Crippen LogP contribution < -0.4 is 10.6 Å². The molecule has 1 aliphatic rings. The van der Waals surface area contributed by atoms with Gasteiger partial charge in [0.15, 0.2) is 11.5 Å². The number of anilines is 1. The molecule has 0 aliphatic carbocycles. The number of piperazine rings is 1. The lowest BCUT2D eigenvalue weighted by Crippen LogP contribution is -2.43. The van der Waals surface area contributed by atoms with Crippen molar-refractivity contribution in [1.82, 2.24) is 25.2 Å². The molecule has 2 aromatic heterocycles. The zero-order valence-electron chi connectivity index (χ0n) is 20.9. The normalized spacial score (nSPS) is 14.2. The molecule has 0 saturated carbocycles. The van der Waals surface area contributed by atoms with Crippen molar-refractivity contribution in [1.29, 1.82) is 0 Å². The first-order valence-electron chi connectivity index (χ1n) is 12.2. The molecule has 1 saturated heterocycles. The molecular weight excluding hydrogens is 512 g/mol. The predicted molar refractivity (Wildman–Crippen MR) is 139 cm³/mol. The monoisotopic (exact) mass is 536 g/mol. The van der Waals surface area contributed by atoms with Crippen molar-refractivity contribution in [2.75, 3.05) is 31.5 Å². The third-order valence-electron chi connectivity index (χ3n) is 6.44. The van der Waals surface area contributed by atoms with E-state index in [0.717, 1.165) is 30.9 Å². The van der Waals surface area contributed by atoms with Crippen LogP contribution in [0.2, 0.25) is 0 Å². The Morgan fingerprint density at radius 1 is 1.13 bits per heavy atom. The largest absolute Gasteiger partial charge is 0.416 e. The minimum atomic E-state index is -4.56. The van der Waals surface area contributed by atoms with Crippen LogP contribution in [-0.4, -0.2) is 51.9 Å². The maximum absolute atomic E-state index is 13.9. The Kier molecular flexibility index (Phi) is 7.32. The second-order valence-corrected chi connectivity index (χ2v) is 9.22. The highest BCUT2D eigenvalue weighted by molar-refractivity contribution is 6.04. The molecular formula is C28H24F4N6O. The topological polar surface area (TPSA) is 85.9 Å². The minimum Gasteiger partial charge on any atom is -0.342 e. The summed E-state index contributed by atoms with van der Waals surface area (Å²) in [6, 6.07) is 8.67. The number of aromatic amines is 1. The third kappa shape index (κ3) is 6.08. The van der Waals surface area contributed by atoms with E-state index in [4.69, 9.17) is 0 Å². The molecule has 1 aliphatic heterocycles. The number of carbonyl (C=O) groups excluding carboxylic acids is 1. The molecule has 0 unspecified atom stereocenters. The summed E-state index contributed by atoms with van der Waals surface area (Å²) in [5.74, 6) is 4.63. The number of fused-ring (bicyclic) bond motifs is 1. The fourth-order valence-corrected chi connectivity index (χ4v) is 4.32. The van der Waals surface area contributed by atoms with Gasteiger partial charge in [-0.05, 0) is 48.2 Å². The lowest BCUT2D eigenvalue weighted by molar-refractivity contribution is -0.138. The first-order valence-corrected chi connectivity index (χ1v) is 12.2. The lowest BCUT2D eigenvalue weighted by Gasteiger charge is -2.28. The molecule has 0 radical (unpaired) electrons. The van der Waals surface area contributed by atoms with Gasteiger partial charge in [-0.2, -0.15) is 13.2 Å². The third-order valence-corrected chi connectivity index (χ3v) is 6.44. The van der Waals surface area contributed by atoms with Crippen LogP contribution in [0.3, 0.4) is 0 Å². The number of hydrogen-bond acceptors (Lipinski definition) is 5. The summed E-state index contributed by atoms with van der Waals surface area (Å²) in [6.45, 7) is 4.77. The van der Waals surface area contributed by atoms with Gasteiger partial charge in [-0.15, -0.1) is 0 Å². The quantitative estimate of drug-likeness (QED) is 0.265. The van der Waals surface area contributed by atoms with Gasteiger partial charge < -0.3 is 15.6 Å². The maximum atomic E-state index is 13.9. The van der Waals surface area contributed by atoms with E-state index in [1.807, 2.05) is 4.90 Å². The molecule has 3 N–H and O–H groups in total. The zero-order chi connectivity index (χ0) is 27.6. The Bertz CT molecular complexity index is 1600. The molecule has 1 fully saturated rings. The smallest absolute Gasteiger partial charge is 0.342 e. The summed E-state index contributed by atoms with van der Waals surface area (Å²) >= 11 is 0. The summed E-state index contributed by atoms with van der Waals surface area (Å²) in [6.07, 6.45) is -2.00. The average molecular weight is 537 g/mol. The van der Waals surface area contributed by atoms with Crippen molar-refractivity contribution in [3.05, 3.63) is 88.1 Å². The SMILES string of the molecule is Cc1ccc(C(=O)Nc2ccc(CN3CCNCC3)c(C(F)(F)F)c2)cc1C#Cc1cnc2[nH]cc(F)c2n1. The van der Waals surface area contributed by atoms with E-state index >= 15 is 0 Å². The molecule has 5 rings (SSSR count).